The van der Waals surface area contributed by atoms with Gasteiger partial charge in [-0.15, -0.1) is 0 Å². The summed E-state index contributed by atoms with van der Waals surface area (Å²) in [6.07, 6.45) is 0. The Morgan fingerprint density at radius 2 is 1.53 bits per heavy atom. The molecule has 5 heteroatoms. The Morgan fingerprint density at radius 3 is 1.59 bits per heavy atom. The molecule has 0 aliphatic carbocycles. The third-order valence-electron chi connectivity index (χ3n) is 1.13. The van der Waals surface area contributed by atoms with Gasteiger partial charge in [0.15, 0.2) is 0 Å². The van der Waals surface area contributed by atoms with Crippen LogP contribution in [0.5, 0.6) is 0 Å². The number of aliphatic hydroxyl groups excluding tert-OH is 2. The first-order valence-electron chi connectivity index (χ1n) is 5.88. The van der Waals surface area contributed by atoms with Crippen LogP contribution in [-0.4, -0.2) is 49.2 Å². The van der Waals surface area contributed by atoms with E-state index in [4.69, 9.17) is 14.9 Å². The van der Waals surface area contributed by atoms with E-state index in [1.54, 1.807) is 0 Å². The summed E-state index contributed by atoms with van der Waals surface area (Å²) in [5.41, 5.74) is 0. The van der Waals surface area contributed by atoms with E-state index < -0.39 is 0 Å². The van der Waals surface area contributed by atoms with Gasteiger partial charge >= 0.3 is 5.97 Å². The second-order valence-corrected chi connectivity index (χ2v) is 3.43. The normalized spacial score (nSPS) is 8.71. The number of ether oxygens (including phenoxy) is 2. The number of carbonyl (C=O) groups is 1. The lowest BCUT2D eigenvalue weighted by Crippen LogP contribution is -2.05. The molecule has 0 radical (unpaired) electrons. The van der Waals surface area contributed by atoms with Crippen LogP contribution in [0.25, 0.3) is 0 Å². The van der Waals surface area contributed by atoms with Gasteiger partial charge in [0.05, 0.1) is 19.8 Å². The zero-order valence-electron chi connectivity index (χ0n) is 11.7. The standard InChI is InChI=1S/C6H12O2.C4H10O.C2H6O2/c1-5(2)4-8-6(3)7;1-3-5-4-2;3-1-2-4/h5H,4H2,1-3H3;3-4H2,1-2H3;3-4H,1-2H2. The van der Waals surface area contributed by atoms with E-state index in [-0.39, 0.29) is 19.2 Å². The molecule has 0 fully saturated rings. The number of hydrogen-bond donors (Lipinski definition) is 2. The van der Waals surface area contributed by atoms with Gasteiger partial charge in [0.25, 0.3) is 0 Å². The van der Waals surface area contributed by atoms with Crippen molar-refractivity contribution in [3.8, 4) is 0 Å². The van der Waals surface area contributed by atoms with Crippen LogP contribution in [0.2, 0.25) is 0 Å². The van der Waals surface area contributed by atoms with Crippen LogP contribution in [0.4, 0.5) is 0 Å². The molecule has 0 unspecified atom stereocenters. The summed E-state index contributed by atoms with van der Waals surface area (Å²) < 4.78 is 9.50. The Labute approximate surface area is 105 Å². The fourth-order valence-electron chi connectivity index (χ4n) is 0.488. The lowest BCUT2D eigenvalue weighted by Gasteiger charge is -2.02. The molecule has 106 valence electrons. The van der Waals surface area contributed by atoms with Gasteiger partial charge in [-0.3, -0.25) is 4.79 Å². The maximum absolute atomic E-state index is 10.1. The molecule has 0 spiro atoms. The predicted molar refractivity (Wildman–Crippen MR) is 67.8 cm³/mol. The van der Waals surface area contributed by atoms with E-state index in [1.807, 2.05) is 27.7 Å². The highest BCUT2D eigenvalue weighted by atomic mass is 16.5. The van der Waals surface area contributed by atoms with Crippen LogP contribution in [0.15, 0.2) is 0 Å². The summed E-state index contributed by atoms with van der Waals surface area (Å²) in [5, 5.41) is 15.2. The summed E-state index contributed by atoms with van der Waals surface area (Å²) in [5.74, 6) is 0.248. The maximum atomic E-state index is 10.1. The van der Waals surface area contributed by atoms with Gasteiger partial charge in [-0.2, -0.15) is 0 Å². The third kappa shape index (κ3) is 50.6. The Bertz CT molecular complexity index is 133. The third-order valence-corrected chi connectivity index (χ3v) is 1.13. The van der Waals surface area contributed by atoms with Crippen LogP contribution in [0.1, 0.15) is 34.6 Å². The summed E-state index contributed by atoms with van der Waals surface area (Å²) in [6, 6.07) is 0. The van der Waals surface area contributed by atoms with E-state index >= 15 is 0 Å². The van der Waals surface area contributed by atoms with Gasteiger partial charge in [-0.25, -0.2) is 0 Å². The van der Waals surface area contributed by atoms with E-state index in [0.29, 0.717) is 12.5 Å². The highest BCUT2D eigenvalue weighted by molar-refractivity contribution is 5.65. The Balaban J connectivity index is -0.000000188. The molecule has 0 aromatic carbocycles. The summed E-state index contributed by atoms with van der Waals surface area (Å²) in [6.45, 7) is 11.4. The molecule has 0 rings (SSSR count). The highest BCUT2D eigenvalue weighted by Gasteiger charge is 1.94. The Hall–Kier alpha value is -0.650. The molecule has 0 aromatic rings. The average Bonchev–Trinajstić information content (AvgIpc) is 2.29. The average molecular weight is 252 g/mol. The minimum absolute atomic E-state index is 0.125. The highest BCUT2D eigenvalue weighted by Crippen LogP contribution is 1.91. The molecule has 0 aromatic heterocycles. The van der Waals surface area contributed by atoms with Crippen molar-refractivity contribution in [2.75, 3.05) is 33.0 Å². The van der Waals surface area contributed by atoms with Crippen molar-refractivity contribution in [3.05, 3.63) is 0 Å². The van der Waals surface area contributed by atoms with E-state index in [1.165, 1.54) is 6.92 Å². The quantitative estimate of drug-likeness (QED) is 0.719. The molecule has 0 saturated heterocycles. The number of carbonyl (C=O) groups excluding carboxylic acids is 1. The molecular formula is C12H28O5. The zero-order chi connectivity index (χ0) is 14.1. The first-order valence-corrected chi connectivity index (χ1v) is 5.88. The second kappa shape index (κ2) is 20.7. The molecule has 2 N–H and O–H groups in total. The summed E-state index contributed by atoms with van der Waals surface area (Å²) >= 11 is 0. The summed E-state index contributed by atoms with van der Waals surface area (Å²) in [7, 11) is 0. The van der Waals surface area contributed by atoms with Gasteiger partial charge in [0.2, 0.25) is 0 Å². The Morgan fingerprint density at radius 1 is 1.12 bits per heavy atom. The van der Waals surface area contributed by atoms with Gasteiger partial charge in [-0.05, 0) is 19.8 Å². The maximum Gasteiger partial charge on any atom is 0.302 e. The SMILES string of the molecule is CC(=O)OCC(C)C.CCOCC.OCCO. The molecule has 0 heterocycles. The van der Waals surface area contributed by atoms with Gasteiger partial charge in [-0.1, -0.05) is 13.8 Å². The fourth-order valence-corrected chi connectivity index (χ4v) is 0.488. The van der Waals surface area contributed by atoms with Crippen molar-refractivity contribution in [2.45, 2.75) is 34.6 Å². The minimum atomic E-state index is -0.196. The molecule has 17 heavy (non-hydrogen) atoms. The van der Waals surface area contributed by atoms with E-state index in [0.717, 1.165) is 13.2 Å². The van der Waals surface area contributed by atoms with Gasteiger partial charge in [0, 0.05) is 20.1 Å². The van der Waals surface area contributed by atoms with Crippen LogP contribution in [0, 0.1) is 5.92 Å². The molecule has 0 atom stereocenters. The second-order valence-electron chi connectivity index (χ2n) is 3.43. The minimum Gasteiger partial charge on any atom is -0.466 e. The number of rotatable bonds is 5. The molecule has 0 saturated carbocycles. The van der Waals surface area contributed by atoms with Gasteiger partial charge < -0.3 is 19.7 Å². The number of hydrogen-bond acceptors (Lipinski definition) is 5. The van der Waals surface area contributed by atoms with E-state index in [2.05, 4.69) is 4.74 Å². The van der Waals surface area contributed by atoms with Crippen LogP contribution < -0.4 is 0 Å². The first kappa shape index (κ1) is 21.6. The van der Waals surface area contributed by atoms with Gasteiger partial charge in [0.1, 0.15) is 0 Å². The van der Waals surface area contributed by atoms with Crippen molar-refractivity contribution in [1.29, 1.82) is 0 Å². The number of esters is 1. The van der Waals surface area contributed by atoms with Crippen molar-refractivity contribution in [3.63, 3.8) is 0 Å². The lowest BCUT2D eigenvalue weighted by molar-refractivity contribution is -0.141. The molecule has 0 bridgehead atoms. The summed E-state index contributed by atoms with van der Waals surface area (Å²) in [4.78, 5) is 10.1. The van der Waals surface area contributed by atoms with Crippen LogP contribution in [-0.2, 0) is 14.3 Å². The predicted octanol–water partition coefficient (Wildman–Crippen LogP) is 1.22. The van der Waals surface area contributed by atoms with Crippen LogP contribution >= 0.6 is 0 Å². The van der Waals surface area contributed by atoms with Crippen molar-refractivity contribution >= 4 is 5.97 Å². The zero-order valence-corrected chi connectivity index (χ0v) is 11.7. The van der Waals surface area contributed by atoms with E-state index in [9.17, 15) is 4.79 Å². The molecule has 5 nitrogen and oxygen atoms in total. The monoisotopic (exact) mass is 252 g/mol. The topological polar surface area (TPSA) is 76.0 Å². The molecule has 0 aliphatic rings. The van der Waals surface area contributed by atoms with Crippen molar-refractivity contribution in [1.82, 2.24) is 0 Å². The first-order chi connectivity index (χ1) is 7.95. The number of aliphatic hydroxyl groups is 2. The fraction of sp³-hybridized carbons (Fsp3) is 0.917. The van der Waals surface area contributed by atoms with Crippen molar-refractivity contribution in [2.24, 2.45) is 5.92 Å². The molecule has 0 amide bonds. The van der Waals surface area contributed by atoms with Crippen molar-refractivity contribution < 1.29 is 24.5 Å². The smallest absolute Gasteiger partial charge is 0.302 e. The lowest BCUT2D eigenvalue weighted by atomic mass is 10.2. The molecule has 0 aliphatic heterocycles. The molecular weight excluding hydrogens is 224 g/mol. The Kier molecular flexibility index (Phi) is 26.4. The largest absolute Gasteiger partial charge is 0.466 e. The van der Waals surface area contributed by atoms with Crippen LogP contribution in [0.3, 0.4) is 0 Å².